The molecule has 1 saturated heterocycles. The highest BCUT2D eigenvalue weighted by molar-refractivity contribution is 5.39. The first-order valence-corrected chi connectivity index (χ1v) is 6.38. The zero-order chi connectivity index (χ0) is 13.4. The van der Waals surface area contributed by atoms with E-state index in [-0.39, 0.29) is 11.7 Å². The van der Waals surface area contributed by atoms with Crippen molar-refractivity contribution in [2.24, 2.45) is 0 Å². The van der Waals surface area contributed by atoms with Gasteiger partial charge in [0.2, 0.25) is 0 Å². The van der Waals surface area contributed by atoms with Crippen molar-refractivity contribution in [1.82, 2.24) is 14.9 Å². The number of rotatable bonds is 2. The number of halogens is 2. The summed E-state index contributed by atoms with van der Waals surface area (Å²) in [6.45, 7) is 2.50. The monoisotopic (exact) mass is 263 g/mol. The number of nitrogens with one attached hydrogen (secondary N) is 1. The van der Waals surface area contributed by atoms with Gasteiger partial charge in [0.1, 0.15) is 11.6 Å². The summed E-state index contributed by atoms with van der Waals surface area (Å²) in [6, 6.07) is 2.60. The van der Waals surface area contributed by atoms with Crippen LogP contribution in [-0.2, 0) is 0 Å². The summed E-state index contributed by atoms with van der Waals surface area (Å²) in [6.07, 6.45) is 5.31. The number of nitrogens with zero attached hydrogens (tertiary/aromatic N) is 2. The van der Waals surface area contributed by atoms with Gasteiger partial charge in [0.25, 0.3) is 0 Å². The Morgan fingerprint density at radius 1 is 1.32 bits per heavy atom. The number of imidazole rings is 1. The second-order valence-electron chi connectivity index (χ2n) is 4.89. The summed E-state index contributed by atoms with van der Waals surface area (Å²) in [5, 5.41) is 3.34. The summed E-state index contributed by atoms with van der Waals surface area (Å²) in [5.41, 5.74) is 1.39. The summed E-state index contributed by atoms with van der Waals surface area (Å²) in [7, 11) is 0. The van der Waals surface area contributed by atoms with Crippen LogP contribution in [0.15, 0.2) is 24.7 Å². The van der Waals surface area contributed by atoms with Crippen molar-refractivity contribution < 1.29 is 8.78 Å². The van der Waals surface area contributed by atoms with E-state index < -0.39 is 11.6 Å². The predicted molar refractivity (Wildman–Crippen MR) is 68.2 cm³/mol. The third-order valence-electron chi connectivity index (χ3n) is 3.57. The van der Waals surface area contributed by atoms with Crippen molar-refractivity contribution in [3.05, 3.63) is 47.5 Å². The van der Waals surface area contributed by atoms with Gasteiger partial charge in [0, 0.05) is 12.1 Å². The summed E-state index contributed by atoms with van der Waals surface area (Å²) in [5.74, 6) is -0.841. The molecule has 2 aromatic rings. The molecular formula is C14H15F2N3. The Labute approximate surface area is 110 Å². The SMILES string of the molecule is Cc1cc(F)c(-n2cncc2[C@@H]2CCCN2)cc1F. The molecular weight excluding hydrogens is 248 g/mol. The molecule has 0 bridgehead atoms. The van der Waals surface area contributed by atoms with Crippen molar-refractivity contribution in [2.75, 3.05) is 6.54 Å². The normalized spacial score (nSPS) is 19.0. The van der Waals surface area contributed by atoms with Crippen LogP contribution in [0.4, 0.5) is 8.78 Å². The molecule has 3 nitrogen and oxygen atoms in total. The maximum Gasteiger partial charge on any atom is 0.147 e. The van der Waals surface area contributed by atoms with Crippen LogP contribution in [0.5, 0.6) is 0 Å². The van der Waals surface area contributed by atoms with Crippen LogP contribution in [-0.4, -0.2) is 16.1 Å². The van der Waals surface area contributed by atoms with E-state index in [4.69, 9.17) is 0 Å². The molecule has 1 aliphatic rings. The Bertz CT molecular complexity index is 601. The molecule has 0 saturated carbocycles. The molecule has 0 aliphatic carbocycles. The second-order valence-corrected chi connectivity index (χ2v) is 4.89. The number of benzene rings is 1. The quantitative estimate of drug-likeness (QED) is 0.903. The minimum Gasteiger partial charge on any atom is -0.309 e. The molecule has 0 radical (unpaired) electrons. The van der Waals surface area contributed by atoms with Crippen LogP contribution in [0.2, 0.25) is 0 Å². The largest absolute Gasteiger partial charge is 0.309 e. The van der Waals surface area contributed by atoms with Crippen molar-refractivity contribution in [3.63, 3.8) is 0 Å². The lowest BCUT2D eigenvalue weighted by Crippen LogP contribution is -2.16. The minimum absolute atomic E-state index is 0.159. The standard InChI is InChI=1S/C14H15F2N3/c1-9-5-11(16)13(6-10(9)15)19-8-17-7-14(19)12-3-2-4-18-12/h5-8,12,18H,2-4H2,1H3/t12-/m0/s1. The Morgan fingerprint density at radius 2 is 2.16 bits per heavy atom. The molecule has 0 spiro atoms. The summed E-state index contributed by atoms with van der Waals surface area (Å²) < 4.78 is 29.3. The van der Waals surface area contributed by atoms with Crippen molar-refractivity contribution in [3.8, 4) is 5.69 Å². The van der Waals surface area contributed by atoms with Crippen LogP contribution >= 0.6 is 0 Å². The molecule has 19 heavy (non-hydrogen) atoms. The van der Waals surface area contributed by atoms with Crippen molar-refractivity contribution >= 4 is 0 Å². The third kappa shape index (κ3) is 2.14. The molecule has 1 aromatic heterocycles. The van der Waals surface area contributed by atoms with E-state index in [9.17, 15) is 8.78 Å². The Balaban J connectivity index is 2.07. The first-order chi connectivity index (χ1) is 9.16. The molecule has 100 valence electrons. The number of aromatic nitrogens is 2. The second kappa shape index (κ2) is 4.74. The van der Waals surface area contributed by atoms with Crippen LogP contribution < -0.4 is 5.32 Å². The number of hydrogen-bond donors (Lipinski definition) is 1. The average molecular weight is 263 g/mol. The minimum atomic E-state index is -0.434. The lowest BCUT2D eigenvalue weighted by atomic mass is 10.1. The van der Waals surface area contributed by atoms with E-state index in [2.05, 4.69) is 10.3 Å². The molecule has 1 aliphatic heterocycles. The predicted octanol–water partition coefficient (Wildman–Crippen LogP) is 2.88. The average Bonchev–Trinajstić information content (AvgIpc) is 3.03. The highest BCUT2D eigenvalue weighted by Gasteiger charge is 2.21. The Hall–Kier alpha value is -1.75. The molecule has 5 heteroatoms. The number of hydrogen-bond acceptors (Lipinski definition) is 2. The van der Waals surface area contributed by atoms with E-state index >= 15 is 0 Å². The van der Waals surface area contributed by atoms with Gasteiger partial charge in [-0.1, -0.05) is 0 Å². The van der Waals surface area contributed by atoms with Gasteiger partial charge in [0.05, 0.1) is 23.9 Å². The maximum atomic E-state index is 14.0. The van der Waals surface area contributed by atoms with Gasteiger partial charge < -0.3 is 5.32 Å². The van der Waals surface area contributed by atoms with Gasteiger partial charge in [-0.25, -0.2) is 13.8 Å². The van der Waals surface area contributed by atoms with Gasteiger partial charge >= 0.3 is 0 Å². The van der Waals surface area contributed by atoms with Gasteiger partial charge in [-0.2, -0.15) is 0 Å². The lowest BCUT2D eigenvalue weighted by Gasteiger charge is -2.15. The highest BCUT2D eigenvalue weighted by Crippen LogP contribution is 2.27. The number of aryl methyl sites for hydroxylation is 1. The van der Waals surface area contributed by atoms with Crippen LogP contribution in [0.25, 0.3) is 5.69 Å². The Morgan fingerprint density at radius 3 is 2.89 bits per heavy atom. The van der Waals surface area contributed by atoms with E-state index in [1.807, 2.05) is 0 Å². The smallest absolute Gasteiger partial charge is 0.147 e. The fourth-order valence-corrected chi connectivity index (χ4v) is 2.52. The molecule has 1 aromatic carbocycles. The first-order valence-electron chi connectivity index (χ1n) is 6.38. The molecule has 1 atom stereocenters. The Kier molecular flexibility index (Phi) is 3.06. The zero-order valence-corrected chi connectivity index (χ0v) is 10.7. The van der Waals surface area contributed by atoms with Gasteiger partial charge in [0.15, 0.2) is 0 Å². The lowest BCUT2D eigenvalue weighted by molar-refractivity contribution is 0.572. The third-order valence-corrected chi connectivity index (χ3v) is 3.57. The van der Waals surface area contributed by atoms with Crippen molar-refractivity contribution in [2.45, 2.75) is 25.8 Å². The fourth-order valence-electron chi connectivity index (χ4n) is 2.52. The fraction of sp³-hybridized carbons (Fsp3) is 0.357. The zero-order valence-electron chi connectivity index (χ0n) is 10.7. The van der Waals surface area contributed by atoms with Gasteiger partial charge in [-0.15, -0.1) is 0 Å². The molecule has 2 heterocycles. The highest BCUT2D eigenvalue weighted by atomic mass is 19.1. The molecule has 3 rings (SSSR count). The van der Waals surface area contributed by atoms with E-state index in [0.717, 1.165) is 25.1 Å². The molecule has 0 amide bonds. The first kappa shape index (κ1) is 12.3. The van der Waals surface area contributed by atoms with E-state index in [1.165, 1.54) is 18.5 Å². The topological polar surface area (TPSA) is 29.9 Å². The van der Waals surface area contributed by atoms with E-state index in [1.54, 1.807) is 17.7 Å². The molecule has 0 unspecified atom stereocenters. The van der Waals surface area contributed by atoms with Gasteiger partial charge in [-0.05, 0) is 37.9 Å². The van der Waals surface area contributed by atoms with Crippen LogP contribution in [0, 0.1) is 18.6 Å². The maximum absolute atomic E-state index is 14.0. The van der Waals surface area contributed by atoms with Gasteiger partial charge in [-0.3, -0.25) is 4.57 Å². The summed E-state index contributed by atoms with van der Waals surface area (Å²) >= 11 is 0. The summed E-state index contributed by atoms with van der Waals surface area (Å²) in [4.78, 5) is 4.07. The molecule has 1 N–H and O–H groups in total. The van der Waals surface area contributed by atoms with Crippen LogP contribution in [0.3, 0.4) is 0 Å². The van der Waals surface area contributed by atoms with Crippen LogP contribution in [0.1, 0.15) is 30.1 Å². The molecule has 1 fully saturated rings. The van der Waals surface area contributed by atoms with E-state index in [0.29, 0.717) is 5.56 Å². The van der Waals surface area contributed by atoms with Crippen molar-refractivity contribution in [1.29, 1.82) is 0 Å².